The van der Waals surface area contributed by atoms with Gasteiger partial charge in [0.1, 0.15) is 10.6 Å². The summed E-state index contributed by atoms with van der Waals surface area (Å²) >= 11 is 5.88. The van der Waals surface area contributed by atoms with E-state index in [2.05, 4.69) is 10.0 Å². The highest BCUT2D eigenvalue weighted by Gasteiger charge is 2.40. The van der Waals surface area contributed by atoms with Crippen LogP contribution in [-0.2, 0) is 4.79 Å². The molecular formula is C14H18ClN3O4S. The number of carbonyl (C=O) groups is 1. The Bertz CT molecular complexity index is 607. The first-order valence-corrected chi connectivity index (χ1v) is 9.34. The van der Waals surface area contributed by atoms with Crippen LogP contribution in [0.4, 0.5) is 0 Å². The van der Waals surface area contributed by atoms with Gasteiger partial charge in [-0.3, -0.25) is 0 Å². The summed E-state index contributed by atoms with van der Waals surface area (Å²) in [6.45, 7) is 0. The topological polar surface area (TPSA) is 131 Å². The maximum atomic E-state index is 11.7. The highest BCUT2D eigenvalue weighted by Crippen LogP contribution is 2.49. The van der Waals surface area contributed by atoms with Crippen molar-refractivity contribution in [3.05, 3.63) is 34.9 Å². The molecular weight excluding hydrogens is 342 g/mol. The van der Waals surface area contributed by atoms with Crippen molar-refractivity contribution in [1.29, 1.82) is 5.53 Å². The van der Waals surface area contributed by atoms with E-state index in [1.807, 2.05) is 0 Å². The smallest absolute Gasteiger partial charge is 0.336 e. The van der Waals surface area contributed by atoms with E-state index in [0.29, 0.717) is 17.9 Å². The number of rotatable bonds is 5. The van der Waals surface area contributed by atoms with Crippen LogP contribution in [0.3, 0.4) is 0 Å². The number of nitrogens with zero attached hydrogens (tertiary/aromatic N) is 2. The summed E-state index contributed by atoms with van der Waals surface area (Å²) in [4.78, 5) is 14.5. The first kappa shape index (κ1) is 17.9. The predicted octanol–water partition coefficient (Wildman–Crippen LogP) is 3.25. The van der Waals surface area contributed by atoms with Gasteiger partial charge in [-0.05, 0) is 36.5 Å². The lowest BCUT2D eigenvalue weighted by Gasteiger charge is -2.51. The number of aliphatic carboxylic acids is 1. The third kappa shape index (κ3) is 4.53. The number of hydrogen-bond donors (Lipinski definition) is 3. The summed E-state index contributed by atoms with van der Waals surface area (Å²) in [6.07, 6.45) is 0.861. The Labute approximate surface area is 140 Å². The first-order chi connectivity index (χ1) is 10.8. The van der Waals surface area contributed by atoms with Crippen LogP contribution in [0.25, 0.3) is 0 Å². The summed E-state index contributed by atoms with van der Waals surface area (Å²) in [7, 11) is -2.81. The molecule has 1 aromatic carbocycles. The van der Waals surface area contributed by atoms with Crippen LogP contribution < -0.4 is 4.91 Å². The molecule has 0 unspecified atom stereocenters. The largest absolute Gasteiger partial charge is 0.768 e. The molecule has 2 atom stereocenters. The zero-order chi connectivity index (χ0) is 17.0. The molecule has 1 heterocycles. The maximum absolute atomic E-state index is 11.7. The van der Waals surface area contributed by atoms with E-state index in [4.69, 9.17) is 17.1 Å². The fourth-order valence-corrected chi connectivity index (χ4v) is 4.68. The lowest BCUT2D eigenvalue weighted by Crippen LogP contribution is -2.35. The molecule has 0 spiro atoms. The molecule has 1 aliphatic heterocycles. The van der Waals surface area contributed by atoms with Crippen molar-refractivity contribution >= 4 is 28.2 Å². The van der Waals surface area contributed by atoms with Crippen LogP contribution in [0.5, 0.6) is 0 Å². The predicted molar refractivity (Wildman–Crippen MR) is 86.4 cm³/mol. The standard InChI is InChI=1S/C14H18ClN3O4S/c15-11-3-1-9(2-4-11)12(13(14(19)20)17-18-16)10-5-7-23(21,22)8-6-10/h1-4,10,12-13,16H,5-8H2,(H2-,19,20,21,22)/t12-,13-/m0/s1. The minimum absolute atomic E-state index is 0.121. The Morgan fingerprint density at radius 1 is 1.39 bits per heavy atom. The van der Waals surface area contributed by atoms with E-state index >= 15 is 0 Å². The van der Waals surface area contributed by atoms with Gasteiger partial charge in [0.25, 0.3) is 0 Å². The zero-order valence-electron chi connectivity index (χ0n) is 12.3. The SMILES string of the molecule is N=[N+]=N[C@H](C(=O)O)[C@@H](c1ccc(Cl)cc1)C1CCS([O-])(O)CC1. The van der Waals surface area contributed by atoms with Gasteiger partial charge < -0.3 is 24.8 Å². The number of hydrogen-bond acceptors (Lipinski definition) is 5. The molecule has 3 N–H and O–H groups in total. The third-order valence-corrected chi connectivity index (χ3v) is 6.15. The summed E-state index contributed by atoms with van der Waals surface area (Å²) in [5.41, 5.74) is 7.61. The van der Waals surface area contributed by atoms with Crippen molar-refractivity contribution in [2.45, 2.75) is 24.8 Å². The minimum Gasteiger partial charge on any atom is -0.768 e. The second-order valence-corrected chi connectivity index (χ2v) is 8.39. The molecule has 0 aromatic heterocycles. The van der Waals surface area contributed by atoms with E-state index in [-0.39, 0.29) is 17.4 Å². The van der Waals surface area contributed by atoms with Crippen molar-refractivity contribution in [1.82, 2.24) is 4.91 Å². The Hall–Kier alpha value is -1.44. The third-order valence-electron chi connectivity index (χ3n) is 4.15. The monoisotopic (exact) mass is 359 g/mol. The van der Waals surface area contributed by atoms with Crippen LogP contribution in [0.2, 0.25) is 5.02 Å². The molecule has 0 saturated carbocycles. The molecule has 0 aliphatic carbocycles. The summed E-state index contributed by atoms with van der Waals surface area (Å²) in [5.74, 6) is -1.52. The van der Waals surface area contributed by atoms with Crippen LogP contribution >= 0.6 is 22.2 Å². The summed E-state index contributed by atoms with van der Waals surface area (Å²) in [5, 5.41) is 13.5. The Balaban J connectivity index is 2.36. The number of carboxylic acids is 1. The summed E-state index contributed by atoms with van der Waals surface area (Å²) in [6, 6.07) is 5.59. The first-order valence-electron chi connectivity index (χ1n) is 7.11. The molecule has 23 heavy (non-hydrogen) atoms. The van der Waals surface area contributed by atoms with E-state index in [1.165, 1.54) is 0 Å². The van der Waals surface area contributed by atoms with Crippen molar-refractivity contribution in [3.63, 3.8) is 0 Å². The highest BCUT2D eigenvalue weighted by atomic mass is 35.5. The molecule has 2 rings (SSSR count). The molecule has 1 saturated heterocycles. The maximum Gasteiger partial charge on any atom is 0.336 e. The zero-order valence-corrected chi connectivity index (χ0v) is 13.8. The van der Waals surface area contributed by atoms with Gasteiger partial charge in [-0.25, -0.2) is 4.79 Å². The van der Waals surface area contributed by atoms with Crippen molar-refractivity contribution in [2.75, 3.05) is 11.5 Å². The fourth-order valence-electron chi connectivity index (χ4n) is 3.01. The molecule has 1 aromatic rings. The normalized spacial score (nSPS) is 29.6. The van der Waals surface area contributed by atoms with Gasteiger partial charge in [0.15, 0.2) is 0 Å². The second kappa shape index (κ2) is 7.42. The lowest BCUT2D eigenvalue weighted by atomic mass is 9.78. The number of nitrogens with one attached hydrogen (secondary N) is 1. The Kier molecular flexibility index (Phi) is 5.78. The Morgan fingerprint density at radius 2 is 1.96 bits per heavy atom. The molecule has 0 amide bonds. The quantitative estimate of drug-likeness (QED) is 0.550. The number of halogens is 1. The van der Waals surface area contributed by atoms with Gasteiger partial charge in [-0.2, -0.15) is 0 Å². The molecule has 1 fully saturated rings. The van der Waals surface area contributed by atoms with Crippen molar-refractivity contribution < 1.29 is 19.0 Å². The minimum atomic E-state index is -2.81. The van der Waals surface area contributed by atoms with Crippen molar-refractivity contribution in [2.24, 2.45) is 11.0 Å². The van der Waals surface area contributed by atoms with Gasteiger partial charge in [-0.15, -0.1) is 0 Å². The molecule has 0 radical (unpaired) electrons. The average molecular weight is 360 g/mol. The van der Waals surface area contributed by atoms with Crippen LogP contribution in [0, 0.1) is 11.4 Å². The van der Waals surface area contributed by atoms with Crippen LogP contribution in [-0.4, -0.2) is 37.7 Å². The van der Waals surface area contributed by atoms with Gasteiger partial charge in [0.2, 0.25) is 11.0 Å². The molecule has 0 bridgehead atoms. The summed E-state index contributed by atoms with van der Waals surface area (Å²) < 4.78 is 21.4. The van der Waals surface area contributed by atoms with Gasteiger partial charge in [-0.1, -0.05) is 23.7 Å². The lowest BCUT2D eigenvalue weighted by molar-refractivity contribution is -0.139. The average Bonchev–Trinajstić information content (AvgIpc) is 2.49. The van der Waals surface area contributed by atoms with Gasteiger partial charge in [0.05, 0.1) is 0 Å². The molecule has 7 nitrogen and oxygen atoms in total. The number of benzene rings is 1. The van der Waals surface area contributed by atoms with E-state index in [1.54, 1.807) is 24.3 Å². The highest BCUT2D eigenvalue weighted by molar-refractivity contribution is 8.24. The van der Waals surface area contributed by atoms with E-state index in [9.17, 15) is 19.0 Å². The van der Waals surface area contributed by atoms with Gasteiger partial charge >= 0.3 is 5.97 Å². The Morgan fingerprint density at radius 3 is 2.43 bits per heavy atom. The van der Waals surface area contributed by atoms with E-state index < -0.39 is 28.5 Å². The van der Waals surface area contributed by atoms with Crippen molar-refractivity contribution in [3.8, 4) is 0 Å². The van der Waals surface area contributed by atoms with Crippen LogP contribution in [0.15, 0.2) is 29.4 Å². The van der Waals surface area contributed by atoms with E-state index in [0.717, 1.165) is 5.56 Å². The molecule has 1 aliphatic rings. The van der Waals surface area contributed by atoms with Gasteiger partial charge in [0, 0.05) is 22.4 Å². The number of carboxylic acid groups (broad SMARTS) is 1. The molecule has 9 heteroatoms. The fraction of sp³-hybridized carbons (Fsp3) is 0.500. The molecule has 126 valence electrons. The second-order valence-electron chi connectivity index (χ2n) is 5.59. The van der Waals surface area contributed by atoms with Crippen LogP contribution in [0.1, 0.15) is 24.3 Å².